The number of likely N-dealkylation sites (N-methyl/N-ethyl adjacent to an activating group) is 1. The van der Waals surface area contributed by atoms with Gasteiger partial charge in [-0.1, -0.05) is 12.5 Å². The van der Waals surface area contributed by atoms with Crippen LogP contribution in [0.1, 0.15) is 19.3 Å². The third kappa shape index (κ3) is 2.65. The first kappa shape index (κ1) is 15.4. The van der Waals surface area contributed by atoms with Crippen molar-refractivity contribution >= 4 is 5.82 Å². The van der Waals surface area contributed by atoms with Gasteiger partial charge in [0, 0.05) is 30.7 Å². The van der Waals surface area contributed by atoms with Crippen molar-refractivity contribution in [2.24, 2.45) is 0 Å². The van der Waals surface area contributed by atoms with Crippen LogP contribution < -0.4 is 4.90 Å². The summed E-state index contributed by atoms with van der Waals surface area (Å²) in [6, 6.07) is 8.78. The molecule has 2 fully saturated rings. The van der Waals surface area contributed by atoms with E-state index in [4.69, 9.17) is 0 Å². The van der Waals surface area contributed by atoms with Crippen molar-refractivity contribution in [2.45, 2.75) is 31.3 Å². The summed E-state index contributed by atoms with van der Waals surface area (Å²) in [5, 5.41) is 8.40. The Morgan fingerprint density at radius 1 is 1.00 bits per heavy atom. The third-order valence-corrected chi connectivity index (χ3v) is 5.29. The summed E-state index contributed by atoms with van der Waals surface area (Å²) in [6.07, 6.45) is 3.71. The zero-order valence-corrected chi connectivity index (χ0v) is 13.6. The maximum atomic E-state index is 13.9. The highest BCUT2D eigenvalue weighted by Gasteiger charge is 2.35. The predicted molar refractivity (Wildman–Crippen MR) is 88.8 cm³/mol. The molecule has 4 rings (SSSR count). The molecule has 4 nitrogen and oxygen atoms in total. The Labute approximate surface area is 140 Å². The van der Waals surface area contributed by atoms with Crippen molar-refractivity contribution in [1.82, 2.24) is 15.1 Å². The number of anilines is 1. The van der Waals surface area contributed by atoms with E-state index in [-0.39, 0.29) is 5.56 Å². The van der Waals surface area contributed by atoms with Crippen LogP contribution in [0.4, 0.5) is 14.6 Å². The molecule has 0 aliphatic carbocycles. The SMILES string of the molecule is CN1C2CCCC1CN(c1ccc(-c3cccc(F)c3F)nn1)C2. The minimum absolute atomic E-state index is 0.143. The molecule has 24 heavy (non-hydrogen) atoms. The van der Waals surface area contributed by atoms with E-state index in [9.17, 15) is 8.78 Å². The average Bonchev–Trinajstić information content (AvgIpc) is 2.57. The predicted octanol–water partition coefficient (Wildman–Crippen LogP) is 3.09. The highest BCUT2D eigenvalue weighted by Crippen LogP contribution is 2.30. The van der Waals surface area contributed by atoms with Crippen LogP contribution in [-0.2, 0) is 0 Å². The van der Waals surface area contributed by atoms with Crippen molar-refractivity contribution in [3.63, 3.8) is 0 Å². The van der Waals surface area contributed by atoms with E-state index in [1.807, 2.05) is 6.07 Å². The van der Waals surface area contributed by atoms with Gasteiger partial charge in [0.2, 0.25) is 0 Å². The summed E-state index contributed by atoms with van der Waals surface area (Å²) in [4.78, 5) is 4.73. The molecule has 2 aromatic rings. The number of piperidine rings is 1. The highest BCUT2D eigenvalue weighted by atomic mass is 19.2. The normalized spacial score (nSPS) is 24.2. The molecule has 0 saturated carbocycles. The van der Waals surface area contributed by atoms with Gasteiger partial charge < -0.3 is 4.90 Å². The molecule has 6 heteroatoms. The summed E-state index contributed by atoms with van der Waals surface area (Å²) >= 11 is 0. The first-order chi connectivity index (χ1) is 11.6. The topological polar surface area (TPSA) is 32.3 Å². The Balaban J connectivity index is 1.57. The van der Waals surface area contributed by atoms with Gasteiger partial charge in [-0.2, -0.15) is 0 Å². The monoisotopic (exact) mass is 330 g/mol. The molecule has 2 aliphatic rings. The Morgan fingerprint density at radius 2 is 1.75 bits per heavy atom. The van der Waals surface area contributed by atoms with Crippen molar-refractivity contribution in [1.29, 1.82) is 0 Å². The van der Waals surface area contributed by atoms with Crippen LogP contribution >= 0.6 is 0 Å². The second kappa shape index (κ2) is 6.09. The van der Waals surface area contributed by atoms with Crippen LogP contribution in [-0.4, -0.2) is 47.3 Å². The number of halogens is 2. The Morgan fingerprint density at radius 3 is 2.42 bits per heavy atom. The maximum absolute atomic E-state index is 13.9. The minimum atomic E-state index is -0.881. The standard InChI is InChI=1S/C18H20F2N4/c1-23-12-4-2-5-13(23)11-24(10-12)17-9-8-16(21-22-17)14-6-3-7-15(19)18(14)20/h3,6-9,12-13H,2,4-5,10-11H2,1H3. The number of hydrogen-bond acceptors (Lipinski definition) is 4. The van der Waals surface area contributed by atoms with Crippen LogP contribution in [0.25, 0.3) is 11.3 Å². The van der Waals surface area contributed by atoms with Crippen molar-refractivity contribution in [3.8, 4) is 11.3 Å². The van der Waals surface area contributed by atoms with Gasteiger partial charge in [0.15, 0.2) is 17.5 Å². The van der Waals surface area contributed by atoms with Gasteiger partial charge in [-0.15, -0.1) is 10.2 Å². The lowest BCUT2D eigenvalue weighted by Gasteiger charge is -2.48. The maximum Gasteiger partial charge on any atom is 0.168 e. The molecule has 2 atom stereocenters. The quantitative estimate of drug-likeness (QED) is 0.847. The fraction of sp³-hybridized carbons (Fsp3) is 0.444. The van der Waals surface area contributed by atoms with Gasteiger partial charge >= 0.3 is 0 Å². The van der Waals surface area contributed by atoms with Crippen molar-refractivity contribution < 1.29 is 8.78 Å². The van der Waals surface area contributed by atoms with Crippen LogP contribution in [0.2, 0.25) is 0 Å². The number of hydrogen-bond donors (Lipinski definition) is 0. The van der Waals surface area contributed by atoms with E-state index in [1.165, 1.54) is 31.4 Å². The molecule has 0 spiro atoms. The van der Waals surface area contributed by atoms with E-state index < -0.39 is 11.6 Å². The molecule has 2 saturated heterocycles. The lowest BCUT2D eigenvalue weighted by molar-refractivity contribution is 0.0946. The third-order valence-electron chi connectivity index (χ3n) is 5.29. The van der Waals surface area contributed by atoms with E-state index in [0.717, 1.165) is 25.0 Å². The molecule has 0 radical (unpaired) electrons. The number of fused-ring (bicyclic) bond motifs is 2. The summed E-state index contributed by atoms with van der Waals surface area (Å²) < 4.78 is 27.2. The number of benzene rings is 1. The molecule has 0 amide bonds. The average molecular weight is 330 g/mol. The fourth-order valence-corrected chi connectivity index (χ4v) is 3.84. The summed E-state index contributed by atoms with van der Waals surface area (Å²) in [5.41, 5.74) is 0.495. The van der Waals surface area contributed by atoms with Gasteiger partial charge in [0.25, 0.3) is 0 Å². The van der Waals surface area contributed by atoms with Gasteiger partial charge in [-0.25, -0.2) is 8.78 Å². The molecule has 0 N–H and O–H groups in total. The number of piperazine rings is 1. The number of rotatable bonds is 2. The molecule has 2 aliphatic heterocycles. The Kier molecular flexibility index (Phi) is 3.92. The van der Waals surface area contributed by atoms with E-state index in [1.54, 1.807) is 6.07 Å². The molecule has 3 heterocycles. The van der Waals surface area contributed by atoms with E-state index in [0.29, 0.717) is 17.8 Å². The smallest absolute Gasteiger partial charge is 0.168 e. The summed E-state index contributed by atoms with van der Waals surface area (Å²) in [5.74, 6) is -0.945. The first-order valence-electron chi connectivity index (χ1n) is 8.38. The second-order valence-electron chi connectivity index (χ2n) is 6.69. The van der Waals surface area contributed by atoms with Gasteiger partial charge in [-0.05, 0) is 44.2 Å². The van der Waals surface area contributed by atoms with Gasteiger partial charge in [0.1, 0.15) is 0 Å². The summed E-state index contributed by atoms with van der Waals surface area (Å²) in [7, 11) is 2.20. The summed E-state index contributed by atoms with van der Waals surface area (Å²) in [6.45, 7) is 1.88. The fourth-order valence-electron chi connectivity index (χ4n) is 3.84. The highest BCUT2D eigenvalue weighted by molar-refractivity contribution is 5.60. The molecular formula is C18H20F2N4. The second-order valence-corrected chi connectivity index (χ2v) is 6.69. The van der Waals surface area contributed by atoms with Crippen LogP contribution in [0, 0.1) is 11.6 Å². The van der Waals surface area contributed by atoms with Gasteiger partial charge in [0.05, 0.1) is 5.69 Å². The molecule has 2 unspecified atom stereocenters. The molecule has 1 aromatic carbocycles. The first-order valence-corrected chi connectivity index (χ1v) is 8.38. The molecule has 126 valence electrons. The molecular weight excluding hydrogens is 310 g/mol. The van der Waals surface area contributed by atoms with Crippen LogP contribution in [0.15, 0.2) is 30.3 Å². The molecule has 1 aromatic heterocycles. The Hall–Kier alpha value is -2.08. The lowest BCUT2D eigenvalue weighted by atomic mass is 9.92. The number of nitrogens with zero attached hydrogens (tertiary/aromatic N) is 4. The van der Waals surface area contributed by atoms with Gasteiger partial charge in [-0.3, -0.25) is 4.90 Å². The van der Waals surface area contributed by atoms with Crippen molar-refractivity contribution in [2.75, 3.05) is 25.0 Å². The largest absolute Gasteiger partial charge is 0.352 e. The van der Waals surface area contributed by atoms with Crippen LogP contribution in [0.5, 0.6) is 0 Å². The van der Waals surface area contributed by atoms with Crippen LogP contribution in [0.3, 0.4) is 0 Å². The van der Waals surface area contributed by atoms with Crippen molar-refractivity contribution in [3.05, 3.63) is 42.0 Å². The van der Waals surface area contributed by atoms with E-state index in [2.05, 4.69) is 27.0 Å². The Bertz CT molecular complexity index is 720. The lowest BCUT2D eigenvalue weighted by Crippen LogP contribution is -2.59. The number of aromatic nitrogens is 2. The zero-order chi connectivity index (χ0) is 16.7. The minimum Gasteiger partial charge on any atom is -0.352 e. The zero-order valence-electron chi connectivity index (χ0n) is 13.6. The van der Waals surface area contributed by atoms with E-state index >= 15 is 0 Å². The molecule has 2 bridgehead atoms.